The molecule has 0 saturated carbocycles. The Bertz CT molecular complexity index is 870. The molecule has 2 aromatic rings. The second-order valence-corrected chi connectivity index (χ2v) is 8.68. The highest BCUT2D eigenvalue weighted by Crippen LogP contribution is 2.31. The summed E-state index contributed by atoms with van der Waals surface area (Å²) in [5.41, 5.74) is 1.73. The average molecular weight is 426 g/mol. The molecule has 1 N–H and O–H groups in total. The van der Waals surface area contributed by atoms with E-state index in [0.29, 0.717) is 11.7 Å². The number of benzene rings is 1. The van der Waals surface area contributed by atoms with Gasteiger partial charge in [-0.15, -0.1) is 0 Å². The summed E-state index contributed by atoms with van der Waals surface area (Å²) >= 11 is 0. The van der Waals surface area contributed by atoms with Crippen LogP contribution in [0.1, 0.15) is 45.1 Å². The summed E-state index contributed by atoms with van der Waals surface area (Å²) in [6, 6.07) is 11.7. The first-order valence-electron chi connectivity index (χ1n) is 10.6. The van der Waals surface area contributed by atoms with Crippen molar-refractivity contribution in [3.05, 3.63) is 54.4 Å². The Kier molecular flexibility index (Phi) is 7.15. The number of nitrogens with zero attached hydrogens (tertiary/aromatic N) is 2. The van der Waals surface area contributed by atoms with E-state index in [2.05, 4.69) is 15.2 Å². The quantitative estimate of drug-likeness (QED) is 0.565. The molecule has 3 rings (SSSR count). The van der Waals surface area contributed by atoms with Gasteiger partial charge in [0.25, 0.3) is 12.0 Å². The summed E-state index contributed by atoms with van der Waals surface area (Å²) in [4.78, 5) is 31.0. The minimum Gasteiger partial charge on any atom is -0.469 e. The SMILES string of the molecule is CNC(=O)C(Oc1ccc(C2CCN(c3ccncc3)CC2)cc1)C(=O)OC(C)(C)C. The van der Waals surface area contributed by atoms with E-state index in [1.165, 1.54) is 18.3 Å². The molecule has 1 aromatic heterocycles. The lowest BCUT2D eigenvalue weighted by Crippen LogP contribution is -2.45. The van der Waals surface area contributed by atoms with Crippen LogP contribution in [0.5, 0.6) is 5.75 Å². The number of likely N-dealkylation sites (N-methyl/N-ethyl adjacent to an activating group) is 1. The fraction of sp³-hybridized carbons (Fsp3) is 0.458. The molecule has 0 bridgehead atoms. The number of hydrogen-bond acceptors (Lipinski definition) is 6. The van der Waals surface area contributed by atoms with Crippen molar-refractivity contribution < 1.29 is 19.1 Å². The maximum absolute atomic E-state index is 12.4. The number of piperidine rings is 1. The molecular weight excluding hydrogens is 394 g/mol. The summed E-state index contributed by atoms with van der Waals surface area (Å²) in [6.07, 6.45) is 4.41. The zero-order valence-corrected chi connectivity index (χ0v) is 18.6. The van der Waals surface area contributed by atoms with Crippen LogP contribution in [0.3, 0.4) is 0 Å². The van der Waals surface area contributed by atoms with Crippen LogP contribution in [0.15, 0.2) is 48.8 Å². The summed E-state index contributed by atoms with van der Waals surface area (Å²) in [7, 11) is 1.46. The maximum atomic E-state index is 12.4. The second kappa shape index (κ2) is 9.81. The normalized spacial score (nSPS) is 15.8. The van der Waals surface area contributed by atoms with E-state index in [4.69, 9.17) is 9.47 Å². The van der Waals surface area contributed by atoms with Crippen molar-refractivity contribution in [1.82, 2.24) is 10.3 Å². The van der Waals surface area contributed by atoms with E-state index in [1.807, 2.05) is 48.8 Å². The fourth-order valence-corrected chi connectivity index (χ4v) is 3.68. The van der Waals surface area contributed by atoms with Crippen molar-refractivity contribution in [2.45, 2.75) is 51.2 Å². The number of nitrogens with one attached hydrogen (secondary N) is 1. The van der Waals surface area contributed by atoms with Crippen LogP contribution in [0, 0.1) is 0 Å². The Hall–Kier alpha value is -3.09. The zero-order chi connectivity index (χ0) is 22.4. The first-order valence-corrected chi connectivity index (χ1v) is 10.6. The van der Waals surface area contributed by atoms with Crippen LogP contribution in [0.2, 0.25) is 0 Å². The summed E-state index contributed by atoms with van der Waals surface area (Å²) in [6.45, 7) is 7.23. The van der Waals surface area contributed by atoms with Gasteiger partial charge in [0.1, 0.15) is 11.4 Å². The van der Waals surface area contributed by atoms with Gasteiger partial charge in [0.2, 0.25) is 0 Å². The first kappa shape index (κ1) is 22.6. The van der Waals surface area contributed by atoms with Gasteiger partial charge in [-0.1, -0.05) is 12.1 Å². The highest BCUT2D eigenvalue weighted by molar-refractivity contribution is 6.01. The summed E-state index contributed by atoms with van der Waals surface area (Å²) < 4.78 is 11.0. The third kappa shape index (κ3) is 6.20. The van der Waals surface area contributed by atoms with E-state index in [-0.39, 0.29) is 0 Å². The summed E-state index contributed by atoms with van der Waals surface area (Å²) in [5.74, 6) is -0.327. The molecular formula is C24H31N3O4. The number of rotatable bonds is 6. The molecule has 2 heterocycles. The molecule has 1 saturated heterocycles. The molecule has 1 atom stereocenters. The third-order valence-corrected chi connectivity index (χ3v) is 5.23. The molecule has 1 aliphatic heterocycles. The summed E-state index contributed by atoms with van der Waals surface area (Å²) in [5, 5.41) is 2.46. The minimum absolute atomic E-state index is 0.456. The highest BCUT2D eigenvalue weighted by Gasteiger charge is 2.33. The van der Waals surface area contributed by atoms with Crippen LogP contribution < -0.4 is 15.0 Å². The molecule has 1 amide bonds. The first-order chi connectivity index (χ1) is 14.8. The standard InChI is InChI=1S/C24H31N3O4/c1-24(2,3)31-23(29)21(22(28)25-4)30-20-7-5-17(6-8-20)18-11-15-27(16-12-18)19-9-13-26-14-10-19/h5-10,13-14,18,21H,11-12,15-16H2,1-4H3,(H,25,28). The Balaban J connectivity index is 1.61. The van der Waals surface area contributed by atoms with Crippen molar-refractivity contribution in [2.24, 2.45) is 0 Å². The zero-order valence-electron chi connectivity index (χ0n) is 18.6. The van der Waals surface area contributed by atoms with E-state index in [1.54, 1.807) is 20.8 Å². The number of pyridine rings is 1. The minimum atomic E-state index is -1.35. The molecule has 1 unspecified atom stereocenters. The second-order valence-electron chi connectivity index (χ2n) is 8.68. The Labute approximate surface area is 183 Å². The number of hydrogen-bond donors (Lipinski definition) is 1. The van der Waals surface area contributed by atoms with Crippen LogP contribution in [0.4, 0.5) is 5.69 Å². The van der Waals surface area contributed by atoms with Gasteiger partial charge in [0.05, 0.1) is 0 Å². The van der Waals surface area contributed by atoms with E-state index in [9.17, 15) is 9.59 Å². The molecule has 7 nitrogen and oxygen atoms in total. The van der Waals surface area contributed by atoms with Crippen LogP contribution in [0.25, 0.3) is 0 Å². The van der Waals surface area contributed by atoms with E-state index >= 15 is 0 Å². The van der Waals surface area contributed by atoms with Gasteiger partial charge in [-0.3, -0.25) is 9.78 Å². The van der Waals surface area contributed by atoms with Crippen LogP contribution >= 0.6 is 0 Å². The molecule has 1 aromatic carbocycles. The van der Waals surface area contributed by atoms with Crippen molar-refractivity contribution in [3.8, 4) is 5.75 Å². The number of amides is 1. The van der Waals surface area contributed by atoms with Gasteiger partial charge in [-0.2, -0.15) is 0 Å². The lowest BCUT2D eigenvalue weighted by Gasteiger charge is -2.33. The van der Waals surface area contributed by atoms with Gasteiger partial charge >= 0.3 is 5.97 Å². The maximum Gasteiger partial charge on any atom is 0.357 e. The Morgan fingerprint density at radius 3 is 2.23 bits per heavy atom. The van der Waals surface area contributed by atoms with Crippen molar-refractivity contribution in [1.29, 1.82) is 0 Å². The van der Waals surface area contributed by atoms with Gasteiger partial charge < -0.3 is 19.7 Å². The predicted octanol–water partition coefficient (Wildman–Crippen LogP) is 3.30. The predicted molar refractivity (Wildman–Crippen MR) is 119 cm³/mol. The van der Waals surface area contributed by atoms with Gasteiger partial charge in [-0.05, 0) is 69.4 Å². The molecule has 1 aliphatic rings. The van der Waals surface area contributed by atoms with Crippen molar-refractivity contribution in [2.75, 3.05) is 25.0 Å². The molecule has 1 fully saturated rings. The monoisotopic (exact) mass is 425 g/mol. The van der Waals surface area contributed by atoms with Crippen LogP contribution in [-0.2, 0) is 14.3 Å². The molecule has 166 valence electrons. The van der Waals surface area contributed by atoms with Crippen molar-refractivity contribution in [3.63, 3.8) is 0 Å². The van der Waals surface area contributed by atoms with E-state index in [0.717, 1.165) is 25.9 Å². The number of carbonyl (C=O) groups excluding carboxylic acids is 2. The molecule has 31 heavy (non-hydrogen) atoms. The number of carbonyl (C=O) groups is 2. The number of esters is 1. The smallest absolute Gasteiger partial charge is 0.357 e. The largest absolute Gasteiger partial charge is 0.469 e. The van der Waals surface area contributed by atoms with Gasteiger partial charge in [0.15, 0.2) is 0 Å². The number of ether oxygens (including phenoxy) is 2. The lowest BCUT2D eigenvalue weighted by atomic mass is 9.89. The lowest BCUT2D eigenvalue weighted by molar-refractivity contribution is -0.166. The average Bonchev–Trinajstić information content (AvgIpc) is 2.77. The Morgan fingerprint density at radius 2 is 1.68 bits per heavy atom. The van der Waals surface area contributed by atoms with E-state index < -0.39 is 23.6 Å². The topological polar surface area (TPSA) is 80.8 Å². The van der Waals surface area contributed by atoms with Gasteiger partial charge in [-0.25, -0.2) is 4.79 Å². The fourth-order valence-electron chi connectivity index (χ4n) is 3.68. The number of anilines is 1. The highest BCUT2D eigenvalue weighted by atomic mass is 16.6. The Morgan fingerprint density at radius 1 is 1.06 bits per heavy atom. The molecule has 7 heteroatoms. The number of aromatic nitrogens is 1. The van der Waals surface area contributed by atoms with Gasteiger partial charge in [0, 0.05) is 38.2 Å². The van der Waals surface area contributed by atoms with Crippen molar-refractivity contribution >= 4 is 17.6 Å². The van der Waals surface area contributed by atoms with Crippen LogP contribution in [-0.4, -0.2) is 48.7 Å². The molecule has 0 spiro atoms. The molecule has 0 radical (unpaired) electrons. The third-order valence-electron chi connectivity index (χ3n) is 5.23. The molecule has 0 aliphatic carbocycles.